The first-order valence-electron chi connectivity index (χ1n) is 6.62. The van der Waals surface area contributed by atoms with Crippen LogP contribution in [0.1, 0.15) is 31.3 Å². The van der Waals surface area contributed by atoms with E-state index >= 15 is 0 Å². The first-order chi connectivity index (χ1) is 9.52. The summed E-state index contributed by atoms with van der Waals surface area (Å²) in [6.07, 6.45) is 0. The van der Waals surface area contributed by atoms with Crippen molar-refractivity contribution in [3.8, 4) is 11.4 Å². The third-order valence-electron chi connectivity index (χ3n) is 2.96. The fraction of sp³-hybridized carbons (Fsp3) is 0.333. The van der Waals surface area contributed by atoms with Crippen molar-refractivity contribution in [2.45, 2.75) is 26.8 Å². The van der Waals surface area contributed by atoms with Crippen LogP contribution in [0.2, 0.25) is 0 Å². The number of ether oxygens (including phenoxy) is 1. The van der Waals surface area contributed by atoms with E-state index in [1.165, 1.54) is 0 Å². The molecule has 0 aliphatic carbocycles. The Morgan fingerprint density at radius 2 is 2.00 bits per heavy atom. The van der Waals surface area contributed by atoms with Crippen LogP contribution in [-0.4, -0.2) is 16.4 Å². The van der Waals surface area contributed by atoms with Crippen LogP contribution in [0.25, 0.3) is 5.69 Å². The molecule has 0 saturated carbocycles. The minimum Gasteiger partial charge on any atom is -0.494 e. The minimum atomic E-state index is -0.392. The molecule has 1 aromatic heterocycles. The van der Waals surface area contributed by atoms with Crippen LogP contribution >= 0.6 is 0 Å². The molecule has 0 saturated heterocycles. The molecule has 1 heterocycles. The second-order valence-electron chi connectivity index (χ2n) is 4.66. The minimum absolute atomic E-state index is 0.125. The second-order valence-corrected chi connectivity index (χ2v) is 4.66. The number of aryl methyl sites for hydroxylation is 1. The fourth-order valence-corrected chi connectivity index (χ4v) is 1.99. The smallest absolute Gasteiger partial charge is 0.205 e. The molecule has 1 atom stereocenters. The molecule has 2 aromatic rings. The fourth-order valence-electron chi connectivity index (χ4n) is 1.99. The van der Waals surface area contributed by atoms with E-state index in [0.717, 1.165) is 17.1 Å². The highest BCUT2D eigenvalue weighted by Crippen LogP contribution is 2.16. The largest absolute Gasteiger partial charge is 0.494 e. The Bertz CT molecular complexity index is 645. The van der Waals surface area contributed by atoms with Gasteiger partial charge in [0.15, 0.2) is 0 Å². The van der Waals surface area contributed by atoms with Gasteiger partial charge in [-0.15, -0.1) is 0 Å². The number of nitrogens with zero attached hydrogens (tertiary/aromatic N) is 2. The molecule has 5 nitrogen and oxygen atoms in total. The summed E-state index contributed by atoms with van der Waals surface area (Å²) >= 11 is 0. The van der Waals surface area contributed by atoms with Gasteiger partial charge in [0.05, 0.1) is 12.3 Å². The first-order valence-corrected chi connectivity index (χ1v) is 6.62. The van der Waals surface area contributed by atoms with Gasteiger partial charge in [0, 0.05) is 17.8 Å². The summed E-state index contributed by atoms with van der Waals surface area (Å²) in [5, 5.41) is 4.36. The maximum atomic E-state index is 11.8. The summed E-state index contributed by atoms with van der Waals surface area (Å²) in [4.78, 5) is 11.8. The molecule has 106 valence electrons. The zero-order valence-corrected chi connectivity index (χ0v) is 12.0. The molecule has 0 aliphatic rings. The van der Waals surface area contributed by atoms with E-state index in [1.54, 1.807) is 17.7 Å². The van der Waals surface area contributed by atoms with Gasteiger partial charge in [0.1, 0.15) is 11.4 Å². The van der Waals surface area contributed by atoms with E-state index in [0.29, 0.717) is 12.3 Å². The number of aromatic nitrogens is 2. The highest BCUT2D eigenvalue weighted by Gasteiger charge is 2.11. The monoisotopic (exact) mass is 273 g/mol. The van der Waals surface area contributed by atoms with Crippen LogP contribution in [0.15, 0.2) is 35.1 Å². The zero-order valence-electron chi connectivity index (χ0n) is 12.0. The van der Waals surface area contributed by atoms with Gasteiger partial charge < -0.3 is 10.5 Å². The van der Waals surface area contributed by atoms with E-state index in [4.69, 9.17) is 10.5 Å². The standard InChI is InChI=1S/C15H19N3O2/c1-4-20-13-7-5-12(6-8-13)18-10(2)9-14(19)15(17-18)11(3)16/h5-9,11H,4,16H2,1-3H3. The van der Waals surface area contributed by atoms with Gasteiger partial charge in [0.2, 0.25) is 5.43 Å². The van der Waals surface area contributed by atoms with Crippen LogP contribution in [-0.2, 0) is 0 Å². The molecule has 20 heavy (non-hydrogen) atoms. The Morgan fingerprint density at radius 3 is 2.55 bits per heavy atom. The molecular formula is C15H19N3O2. The molecule has 0 spiro atoms. The number of benzene rings is 1. The predicted octanol–water partition coefficient (Wildman–Crippen LogP) is 1.96. The van der Waals surface area contributed by atoms with Crippen molar-refractivity contribution in [1.82, 2.24) is 9.78 Å². The molecule has 0 radical (unpaired) electrons. The van der Waals surface area contributed by atoms with Crippen LogP contribution in [0.5, 0.6) is 5.75 Å². The van der Waals surface area contributed by atoms with Gasteiger partial charge in [0.25, 0.3) is 0 Å². The van der Waals surface area contributed by atoms with Gasteiger partial charge in [-0.2, -0.15) is 5.10 Å². The lowest BCUT2D eigenvalue weighted by Gasteiger charge is -2.13. The van der Waals surface area contributed by atoms with Crippen molar-refractivity contribution in [2.24, 2.45) is 5.73 Å². The molecule has 1 unspecified atom stereocenters. The number of hydrogen-bond donors (Lipinski definition) is 1. The molecule has 0 aliphatic heterocycles. The molecule has 5 heteroatoms. The van der Waals surface area contributed by atoms with Crippen LogP contribution in [0.4, 0.5) is 0 Å². The number of hydrogen-bond acceptors (Lipinski definition) is 4. The molecule has 1 aromatic carbocycles. The summed E-state index contributed by atoms with van der Waals surface area (Å²) in [5.41, 5.74) is 7.65. The summed E-state index contributed by atoms with van der Waals surface area (Å²) in [5.74, 6) is 0.808. The van der Waals surface area contributed by atoms with Gasteiger partial charge in [-0.05, 0) is 45.0 Å². The maximum Gasteiger partial charge on any atom is 0.205 e. The second kappa shape index (κ2) is 5.88. The first kappa shape index (κ1) is 14.3. The summed E-state index contributed by atoms with van der Waals surface area (Å²) in [6, 6.07) is 8.73. The quantitative estimate of drug-likeness (QED) is 0.924. The van der Waals surface area contributed by atoms with Gasteiger partial charge >= 0.3 is 0 Å². The van der Waals surface area contributed by atoms with Gasteiger partial charge in [-0.3, -0.25) is 4.79 Å². The maximum absolute atomic E-state index is 11.8. The van der Waals surface area contributed by atoms with Crippen molar-refractivity contribution in [3.63, 3.8) is 0 Å². The van der Waals surface area contributed by atoms with E-state index in [-0.39, 0.29) is 5.43 Å². The SMILES string of the molecule is CCOc1ccc(-n2nc(C(C)N)c(=O)cc2C)cc1. The summed E-state index contributed by atoms with van der Waals surface area (Å²) < 4.78 is 7.13. The highest BCUT2D eigenvalue weighted by molar-refractivity contribution is 5.38. The van der Waals surface area contributed by atoms with Crippen molar-refractivity contribution in [3.05, 3.63) is 51.9 Å². The van der Waals surface area contributed by atoms with Crippen LogP contribution in [0.3, 0.4) is 0 Å². The summed E-state index contributed by atoms with van der Waals surface area (Å²) in [6.45, 7) is 6.16. The molecular weight excluding hydrogens is 254 g/mol. The normalized spacial score (nSPS) is 12.2. The Balaban J connectivity index is 2.46. The molecule has 2 N–H and O–H groups in total. The number of rotatable bonds is 4. The summed E-state index contributed by atoms with van der Waals surface area (Å²) in [7, 11) is 0. The van der Waals surface area contributed by atoms with Crippen molar-refractivity contribution in [1.29, 1.82) is 0 Å². The third kappa shape index (κ3) is 2.88. The molecule has 0 fully saturated rings. The molecule has 2 rings (SSSR count). The zero-order chi connectivity index (χ0) is 14.7. The highest BCUT2D eigenvalue weighted by atomic mass is 16.5. The van der Waals surface area contributed by atoms with Crippen molar-refractivity contribution >= 4 is 0 Å². The molecule has 0 amide bonds. The lowest BCUT2D eigenvalue weighted by molar-refractivity contribution is 0.340. The predicted molar refractivity (Wildman–Crippen MR) is 78.3 cm³/mol. The third-order valence-corrected chi connectivity index (χ3v) is 2.96. The van der Waals surface area contributed by atoms with E-state index in [9.17, 15) is 4.79 Å². The van der Waals surface area contributed by atoms with Crippen molar-refractivity contribution < 1.29 is 4.74 Å². The van der Waals surface area contributed by atoms with Crippen LogP contribution in [0, 0.1) is 6.92 Å². The van der Waals surface area contributed by atoms with Crippen LogP contribution < -0.4 is 15.9 Å². The molecule has 0 bridgehead atoms. The Morgan fingerprint density at radius 1 is 1.35 bits per heavy atom. The van der Waals surface area contributed by atoms with Gasteiger partial charge in [-0.1, -0.05) is 0 Å². The topological polar surface area (TPSA) is 70.1 Å². The lowest BCUT2D eigenvalue weighted by Crippen LogP contribution is -2.24. The average molecular weight is 273 g/mol. The average Bonchev–Trinajstić information content (AvgIpc) is 2.40. The Labute approximate surface area is 118 Å². The van der Waals surface area contributed by atoms with Crippen molar-refractivity contribution in [2.75, 3.05) is 6.61 Å². The lowest BCUT2D eigenvalue weighted by atomic mass is 10.2. The Hall–Kier alpha value is -2.14. The van der Waals surface area contributed by atoms with E-state index < -0.39 is 6.04 Å². The van der Waals surface area contributed by atoms with E-state index in [2.05, 4.69) is 5.10 Å². The number of nitrogens with two attached hydrogens (primary N) is 1. The van der Waals surface area contributed by atoms with E-state index in [1.807, 2.05) is 38.1 Å². The van der Waals surface area contributed by atoms with Gasteiger partial charge in [-0.25, -0.2) is 4.68 Å². The Kier molecular flexibility index (Phi) is 4.20.